The number of rotatable bonds is 1. The Morgan fingerprint density at radius 3 is 1.86 bits per heavy atom. The van der Waals surface area contributed by atoms with E-state index in [1.165, 1.54) is 0 Å². The van der Waals surface area contributed by atoms with E-state index in [9.17, 15) is 4.79 Å². The van der Waals surface area contributed by atoms with Gasteiger partial charge in [-0.2, -0.15) is 0 Å². The first-order valence-electron chi connectivity index (χ1n) is 2.19. The summed E-state index contributed by atoms with van der Waals surface area (Å²) in [7, 11) is 0. The molecule has 0 saturated carbocycles. The summed E-state index contributed by atoms with van der Waals surface area (Å²) in [5.41, 5.74) is 4.53. The predicted molar refractivity (Wildman–Crippen MR) is 30.7 cm³/mol. The van der Waals surface area contributed by atoms with Gasteiger partial charge in [-0.15, -0.1) is 0 Å². The molecule has 0 aromatic rings. The minimum atomic E-state index is -0.481. The zero-order chi connectivity index (χ0) is 6.28. The summed E-state index contributed by atoms with van der Waals surface area (Å²) in [6, 6.07) is 0. The van der Waals surface area contributed by atoms with Crippen LogP contribution >= 0.6 is 0 Å². The van der Waals surface area contributed by atoms with Crippen LogP contribution in [0.4, 0.5) is 0 Å². The Balaban J connectivity index is 0. The molecule has 2 N–H and O–H groups in total. The summed E-state index contributed by atoms with van der Waals surface area (Å²) in [4.78, 5) is 9.47. The number of hydrogen-bond donors (Lipinski definition) is 1. The number of hydrogen-bond acceptors (Lipinski definition) is 1. The summed E-state index contributed by atoms with van der Waals surface area (Å²) in [5, 5.41) is 0. The fraction of sp³-hybridized carbons (Fsp3) is 0.400. The average Bonchev–Trinajstić information content (AvgIpc) is 1.73. The smallest absolute Gasteiger partial charge is 0.240 e. The zero-order valence-corrected chi connectivity index (χ0v) is 4.77. The first-order valence-corrected chi connectivity index (χ1v) is 2.19. The van der Waals surface area contributed by atoms with Gasteiger partial charge in [0, 0.05) is 0 Å². The number of carbonyl (C=O) groups excluding carboxylic acids is 1. The van der Waals surface area contributed by atoms with Crippen LogP contribution in [0, 0.1) is 0 Å². The third-order valence-corrected chi connectivity index (χ3v) is 0.201. The van der Waals surface area contributed by atoms with Crippen LogP contribution in [0.5, 0.6) is 0 Å². The molecule has 42 valence electrons. The van der Waals surface area contributed by atoms with E-state index in [0.717, 1.165) is 6.08 Å². The number of amides is 1. The maximum atomic E-state index is 9.47. The first kappa shape index (κ1) is 9.51. The molecule has 0 atom stereocenters. The summed E-state index contributed by atoms with van der Waals surface area (Å²) in [6.07, 6.45) is 1.06. The van der Waals surface area contributed by atoms with Crippen LogP contribution in [0.1, 0.15) is 13.8 Å². The normalized spacial score (nSPS) is 5.43. The van der Waals surface area contributed by atoms with E-state index in [0.29, 0.717) is 0 Å². The Hall–Kier alpha value is -0.790. The molecule has 0 unspecified atom stereocenters. The molecule has 0 aromatic heterocycles. The molecule has 0 aromatic carbocycles. The average molecular weight is 101 g/mol. The molecular weight excluding hydrogens is 90.1 g/mol. The van der Waals surface area contributed by atoms with Gasteiger partial charge in [-0.3, -0.25) is 4.79 Å². The molecule has 0 rings (SSSR count). The lowest BCUT2D eigenvalue weighted by Gasteiger charge is -1.65. The lowest BCUT2D eigenvalue weighted by molar-refractivity contribution is -0.113. The number of nitrogens with two attached hydrogens (primary N) is 1. The number of primary amides is 1. The van der Waals surface area contributed by atoms with E-state index in [1.54, 1.807) is 0 Å². The Labute approximate surface area is 44.0 Å². The maximum Gasteiger partial charge on any atom is 0.240 e. The Bertz CT molecular complexity index is 59.1. The third-order valence-electron chi connectivity index (χ3n) is 0.201. The highest BCUT2D eigenvalue weighted by Crippen LogP contribution is 1.48. The van der Waals surface area contributed by atoms with Crippen molar-refractivity contribution in [2.24, 2.45) is 5.73 Å². The van der Waals surface area contributed by atoms with E-state index in [1.807, 2.05) is 13.8 Å². The van der Waals surface area contributed by atoms with Gasteiger partial charge in [-0.1, -0.05) is 20.4 Å². The molecule has 0 spiro atoms. The zero-order valence-electron chi connectivity index (χ0n) is 4.77. The van der Waals surface area contributed by atoms with Crippen LogP contribution in [-0.2, 0) is 4.79 Å². The van der Waals surface area contributed by atoms with Gasteiger partial charge in [-0.05, 0) is 6.08 Å². The van der Waals surface area contributed by atoms with E-state index >= 15 is 0 Å². The summed E-state index contributed by atoms with van der Waals surface area (Å²) in [6.45, 7) is 7.09. The SMILES string of the molecule is C=CC(N)=O.CC. The van der Waals surface area contributed by atoms with E-state index < -0.39 is 5.91 Å². The maximum absolute atomic E-state index is 9.47. The van der Waals surface area contributed by atoms with Crippen LogP contribution in [-0.4, -0.2) is 5.91 Å². The standard InChI is InChI=1S/C3H5NO.C2H6/c1-2-3(4)5;1-2/h2H,1H2,(H2,4,5);1-2H3. The molecular formula is C5H11NO. The Morgan fingerprint density at radius 1 is 1.71 bits per heavy atom. The minimum Gasteiger partial charge on any atom is -0.366 e. The second-order valence-electron chi connectivity index (χ2n) is 0.606. The van der Waals surface area contributed by atoms with Crippen molar-refractivity contribution < 1.29 is 4.79 Å². The van der Waals surface area contributed by atoms with Gasteiger partial charge in [0.25, 0.3) is 0 Å². The van der Waals surface area contributed by atoms with Crippen LogP contribution in [0.3, 0.4) is 0 Å². The highest BCUT2D eigenvalue weighted by atomic mass is 16.1. The molecule has 0 aliphatic carbocycles. The predicted octanol–water partition coefficient (Wildman–Crippen LogP) is 0.684. The van der Waals surface area contributed by atoms with Gasteiger partial charge >= 0.3 is 0 Å². The van der Waals surface area contributed by atoms with Crippen molar-refractivity contribution >= 4 is 5.91 Å². The van der Waals surface area contributed by atoms with Gasteiger partial charge in [0.2, 0.25) is 5.91 Å². The van der Waals surface area contributed by atoms with Gasteiger partial charge in [-0.25, -0.2) is 0 Å². The Kier molecular flexibility index (Phi) is 12.2. The van der Waals surface area contributed by atoms with E-state index in [-0.39, 0.29) is 0 Å². The molecule has 7 heavy (non-hydrogen) atoms. The lowest BCUT2D eigenvalue weighted by atomic mass is 10.6. The van der Waals surface area contributed by atoms with Crippen molar-refractivity contribution in [2.45, 2.75) is 13.8 Å². The first-order chi connectivity index (χ1) is 3.27. The molecule has 2 heteroatoms. The second kappa shape index (κ2) is 8.96. The van der Waals surface area contributed by atoms with Crippen molar-refractivity contribution in [3.05, 3.63) is 12.7 Å². The second-order valence-corrected chi connectivity index (χ2v) is 0.606. The van der Waals surface area contributed by atoms with Gasteiger partial charge in [0.15, 0.2) is 0 Å². The van der Waals surface area contributed by atoms with Crippen LogP contribution in [0.25, 0.3) is 0 Å². The monoisotopic (exact) mass is 101 g/mol. The van der Waals surface area contributed by atoms with E-state index in [4.69, 9.17) is 0 Å². The largest absolute Gasteiger partial charge is 0.366 e. The highest BCUT2D eigenvalue weighted by Gasteiger charge is 1.69. The molecule has 0 fully saturated rings. The van der Waals surface area contributed by atoms with Crippen molar-refractivity contribution in [3.63, 3.8) is 0 Å². The topological polar surface area (TPSA) is 43.1 Å². The molecule has 0 heterocycles. The van der Waals surface area contributed by atoms with Crippen LogP contribution < -0.4 is 5.73 Å². The van der Waals surface area contributed by atoms with Crippen molar-refractivity contribution in [3.8, 4) is 0 Å². The molecule has 1 amide bonds. The molecule has 0 aliphatic heterocycles. The minimum absolute atomic E-state index is 0.481. The van der Waals surface area contributed by atoms with E-state index in [2.05, 4.69) is 12.3 Å². The van der Waals surface area contributed by atoms with Crippen molar-refractivity contribution in [1.82, 2.24) is 0 Å². The molecule has 0 radical (unpaired) electrons. The van der Waals surface area contributed by atoms with Crippen molar-refractivity contribution in [1.29, 1.82) is 0 Å². The fourth-order valence-electron chi connectivity index (χ4n) is 0. The summed E-state index contributed by atoms with van der Waals surface area (Å²) in [5.74, 6) is -0.481. The fourth-order valence-corrected chi connectivity index (χ4v) is 0. The lowest BCUT2D eigenvalue weighted by Crippen LogP contribution is -2.04. The number of carbonyl (C=O) groups is 1. The third kappa shape index (κ3) is 36.7. The van der Waals surface area contributed by atoms with Gasteiger partial charge < -0.3 is 5.73 Å². The Morgan fingerprint density at radius 2 is 1.86 bits per heavy atom. The summed E-state index contributed by atoms with van der Waals surface area (Å²) >= 11 is 0. The van der Waals surface area contributed by atoms with Gasteiger partial charge in [0.05, 0.1) is 0 Å². The molecule has 0 aliphatic rings. The summed E-state index contributed by atoms with van der Waals surface area (Å²) < 4.78 is 0. The van der Waals surface area contributed by atoms with Gasteiger partial charge in [0.1, 0.15) is 0 Å². The molecule has 0 bridgehead atoms. The van der Waals surface area contributed by atoms with Crippen molar-refractivity contribution in [2.75, 3.05) is 0 Å². The quantitative estimate of drug-likeness (QED) is 0.485. The highest BCUT2D eigenvalue weighted by molar-refractivity contribution is 5.84. The molecule has 2 nitrogen and oxygen atoms in total. The van der Waals surface area contributed by atoms with Crippen LogP contribution in [0.15, 0.2) is 12.7 Å². The van der Waals surface area contributed by atoms with Crippen LogP contribution in [0.2, 0.25) is 0 Å². The molecule has 0 saturated heterocycles.